The minimum absolute atomic E-state index is 0.141. The van der Waals surface area contributed by atoms with E-state index in [-0.39, 0.29) is 11.8 Å². The van der Waals surface area contributed by atoms with Gasteiger partial charge in [-0.3, -0.25) is 9.59 Å². The summed E-state index contributed by atoms with van der Waals surface area (Å²) in [5, 5.41) is 7.06. The maximum absolute atomic E-state index is 12.2. The van der Waals surface area contributed by atoms with Gasteiger partial charge in [0.2, 0.25) is 0 Å². The summed E-state index contributed by atoms with van der Waals surface area (Å²) in [5.74, 6) is 0.325. The quantitative estimate of drug-likeness (QED) is 0.443. The fourth-order valence-corrected chi connectivity index (χ4v) is 3.18. The molecule has 0 bridgehead atoms. The third-order valence-electron chi connectivity index (χ3n) is 3.77. The first kappa shape index (κ1) is 19.9. The van der Waals surface area contributed by atoms with Crippen molar-refractivity contribution in [3.63, 3.8) is 0 Å². The summed E-state index contributed by atoms with van der Waals surface area (Å²) in [5.41, 5.74) is 1.80. The number of nitrogens with one attached hydrogen (secondary N) is 2. The van der Waals surface area contributed by atoms with Crippen molar-refractivity contribution in [1.82, 2.24) is 10.3 Å². The zero-order chi connectivity index (χ0) is 19.8. The van der Waals surface area contributed by atoms with Gasteiger partial charge in [0.1, 0.15) is 0 Å². The predicted octanol–water partition coefficient (Wildman–Crippen LogP) is 4.51. The number of hydrogen-bond donors (Lipinski definition) is 2. The SMILES string of the molecule is O=C(NCCSc1ccc(C(=O)Nc2ccccc2)cn1)c1ccc(Cl)cc1. The molecule has 0 aliphatic carbocycles. The highest BCUT2D eigenvalue weighted by Crippen LogP contribution is 2.16. The van der Waals surface area contributed by atoms with Crippen LogP contribution in [0.15, 0.2) is 78.0 Å². The first-order chi connectivity index (χ1) is 13.6. The van der Waals surface area contributed by atoms with Crippen molar-refractivity contribution in [1.29, 1.82) is 0 Å². The van der Waals surface area contributed by atoms with E-state index in [2.05, 4.69) is 15.6 Å². The first-order valence-electron chi connectivity index (χ1n) is 8.61. The van der Waals surface area contributed by atoms with Gasteiger partial charge >= 0.3 is 0 Å². The summed E-state index contributed by atoms with van der Waals surface area (Å²) in [6, 6.07) is 19.5. The van der Waals surface area contributed by atoms with E-state index >= 15 is 0 Å². The second kappa shape index (κ2) is 9.92. The lowest BCUT2D eigenvalue weighted by molar-refractivity contribution is 0.0955. The number of para-hydroxylation sites is 1. The summed E-state index contributed by atoms with van der Waals surface area (Å²) in [6.07, 6.45) is 1.55. The van der Waals surface area contributed by atoms with Crippen LogP contribution in [-0.2, 0) is 0 Å². The number of aromatic nitrogens is 1. The summed E-state index contributed by atoms with van der Waals surface area (Å²) in [7, 11) is 0. The first-order valence-corrected chi connectivity index (χ1v) is 9.97. The van der Waals surface area contributed by atoms with Crippen molar-refractivity contribution in [2.24, 2.45) is 0 Å². The highest BCUT2D eigenvalue weighted by Gasteiger charge is 2.08. The number of carbonyl (C=O) groups is 2. The number of halogens is 1. The van der Waals surface area contributed by atoms with E-state index in [1.54, 1.807) is 42.6 Å². The zero-order valence-corrected chi connectivity index (χ0v) is 16.5. The third-order valence-corrected chi connectivity index (χ3v) is 4.97. The molecule has 2 aromatic carbocycles. The monoisotopic (exact) mass is 411 g/mol. The Bertz CT molecular complexity index is 932. The van der Waals surface area contributed by atoms with Gasteiger partial charge in [0.25, 0.3) is 11.8 Å². The molecule has 2 amide bonds. The van der Waals surface area contributed by atoms with Crippen molar-refractivity contribution < 1.29 is 9.59 Å². The molecule has 3 rings (SSSR count). The highest BCUT2D eigenvalue weighted by molar-refractivity contribution is 7.99. The molecule has 28 heavy (non-hydrogen) atoms. The number of thioether (sulfide) groups is 1. The van der Waals surface area contributed by atoms with E-state index in [0.29, 0.717) is 28.4 Å². The van der Waals surface area contributed by atoms with Gasteiger partial charge in [0.05, 0.1) is 10.6 Å². The average Bonchev–Trinajstić information content (AvgIpc) is 2.72. The number of carbonyl (C=O) groups excluding carboxylic acids is 2. The molecule has 2 N–H and O–H groups in total. The van der Waals surface area contributed by atoms with Gasteiger partial charge in [0.15, 0.2) is 0 Å². The van der Waals surface area contributed by atoms with Crippen LogP contribution in [0.5, 0.6) is 0 Å². The molecule has 142 valence electrons. The van der Waals surface area contributed by atoms with Crippen LogP contribution in [0.4, 0.5) is 5.69 Å². The van der Waals surface area contributed by atoms with Crippen molar-refractivity contribution in [3.05, 3.63) is 89.1 Å². The summed E-state index contributed by atoms with van der Waals surface area (Å²) in [4.78, 5) is 28.5. The van der Waals surface area contributed by atoms with Gasteiger partial charge in [-0.1, -0.05) is 29.8 Å². The molecule has 0 fully saturated rings. The van der Waals surface area contributed by atoms with Crippen LogP contribution in [0.25, 0.3) is 0 Å². The molecular weight excluding hydrogens is 394 g/mol. The number of amides is 2. The maximum Gasteiger partial charge on any atom is 0.257 e. The Morgan fingerprint density at radius 1 is 0.893 bits per heavy atom. The minimum atomic E-state index is -0.203. The second-order valence-corrected chi connectivity index (χ2v) is 7.37. The molecule has 0 saturated carbocycles. The normalized spacial score (nSPS) is 10.3. The number of nitrogens with zero attached hydrogens (tertiary/aromatic N) is 1. The van der Waals surface area contributed by atoms with Crippen molar-refractivity contribution >= 4 is 40.9 Å². The second-order valence-electron chi connectivity index (χ2n) is 5.82. The standard InChI is InChI=1S/C21H18ClN3O2S/c22-17-9-6-15(7-10-17)20(26)23-12-13-28-19-11-8-16(14-24-19)21(27)25-18-4-2-1-3-5-18/h1-11,14H,12-13H2,(H,23,26)(H,25,27). The molecule has 5 nitrogen and oxygen atoms in total. The van der Waals surface area contributed by atoms with Gasteiger partial charge < -0.3 is 10.6 Å². The molecule has 0 atom stereocenters. The van der Waals surface area contributed by atoms with Crippen LogP contribution in [-0.4, -0.2) is 29.1 Å². The van der Waals surface area contributed by atoms with Gasteiger partial charge in [-0.25, -0.2) is 4.98 Å². The smallest absolute Gasteiger partial charge is 0.257 e. The fourth-order valence-electron chi connectivity index (χ4n) is 2.35. The van der Waals surface area contributed by atoms with Crippen molar-refractivity contribution in [2.75, 3.05) is 17.6 Å². The Labute approximate surface area is 172 Å². The lowest BCUT2D eigenvalue weighted by atomic mass is 10.2. The number of benzene rings is 2. The van der Waals surface area contributed by atoms with Gasteiger partial charge in [-0.2, -0.15) is 0 Å². The molecule has 0 radical (unpaired) electrons. The fraction of sp³-hybridized carbons (Fsp3) is 0.0952. The van der Waals surface area contributed by atoms with E-state index in [1.807, 2.05) is 30.3 Å². The van der Waals surface area contributed by atoms with Crippen LogP contribution in [0.3, 0.4) is 0 Å². The van der Waals surface area contributed by atoms with E-state index in [4.69, 9.17) is 11.6 Å². The van der Waals surface area contributed by atoms with Gasteiger partial charge in [-0.05, 0) is 48.5 Å². The molecule has 0 saturated heterocycles. The van der Waals surface area contributed by atoms with Crippen LogP contribution < -0.4 is 10.6 Å². The Morgan fingerprint density at radius 3 is 2.29 bits per heavy atom. The van der Waals surface area contributed by atoms with Gasteiger partial charge in [0, 0.05) is 34.8 Å². The number of pyridine rings is 1. The van der Waals surface area contributed by atoms with Crippen molar-refractivity contribution in [3.8, 4) is 0 Å². The number of rotatable bonds is 7. The largest absolute Gasteiger partial charge is 0.351 e. The topological polar surface area (TPSA) is 71.1 Å². The van der Waals surface area contributed by atoms with Crippen LogP contribution in [0.2, 0.25) is 5.02 Å². The Kier molecular flexibility index (Phi) is 7.06. The maximum atomic E-state index is 12.2. The molecule has 0 aliphatic heterocycles. The molecule has 1 heterocycles. The Morgan fingerprint density at radius 2 is 1.61 bits per heavy atom. The lowest BCUT2D eigenvalue weighted by Crippen LogP contribution is -2.25. The molecule has 0 unspecified atom stereocenters. The third kappa shape index (κ3) is 5.84. The van der Waals surface area contributed by atoms with Gasteiger partial charge in [-0.15, -0.1) is 11.8 Å². The summed E-state index contributed by atoms with van der Waals surface area (Å²) < 4.78 is 0. The van der Waals surface area contributed by atoms with Crippen LogP contribution >= 0.6 is 23.4 Å². The van der Waals surface area contributed by atoms with E-state index in [1.165, 1.54) is 11.8 Å². The average molecular weight is 412 g/mol. The molecule has 3 aromatic rings. The van der Waals surface area contributed by atoms with E-state index in [0.717, 1.165) is 10.7 Å². The Balaban J connectivity index is 1.43. The molecular formula is C21H18ClN3O2S. The lowest BCUT2D eigenvalue weighted by Gasteiger charge is -2.07. The minimum Gasteiger partial charge on any atom is -0.351 e. The number of anilines is 1. The molecule has 0 spiro atoms. The summed E-state index contributed by atoms with van der Waals surface area (Å²) in [6.45, 7) is 0.504. The predicted molar refractivity (Wildman–Crippen MR) is 113 cm³/mol. The Hall–Kier alpha value is -2.83. The van der Waals surface area contributed by atoms with Crippen LogP contribution in [0.1, 0.15) is 20.7 Å². The highest BCUT2D eigenvalue weighted by atomic mass is 35.5. The van der Waals surface area contributed by atoms with Crippen molar-refractivity contribution in [2.45, 2.75) is 5.03 Å². The zero-order valence-electron chi connectivity index (χ0n) is 14.9. The molecule has 1 aromatic heterocycles. The van der Waals surface area contributed by atoms with E-state index in [9.17, 15) is 9.59 Å². The van der Waals surface area contributed by atoms with Crippen LogP contribution in [0, 0.1) is 0 Å². The molecule has 7 heteroatoms. The number of hydrogen-bond acceptors (Lipinski definition) is 4. The molecule has 0 aliphatic rings. The van der Waals surface area contributed by atoms with E-state index < -0.39 is 0 Å². The summed E-state index contributed by atoms with van der Waals surface area (Å²) >= 11 is 7.32.